The zero-order chi connectivity index (χ0) is 24.9. The highest BCUT2D eigenvalue weighted by atomic mass is 32.1. The second-order valence-corrected chi connectivity index (χ2v) is 10.2. The van der Waals surface area contributed by atoms with Gasteiger partial charge in [-0.15, -0.1) is 11.3 Å². The van der Waals surface area contributed by atoms with Crippen molar-refractivity contribution < 1.29 is 9.90 Å². The predicted molar refractivity (Wildman–Crippen MR) is 143 cm³/mol. The molecule has 0 aliphatic carbocycles. The molecule has 184 valence electrons. The van der Waals surface area contributed by atoms with Gasteiger partial charge in [-0.25, -0.2) is 15.0 Å². The molecule has 0 unspecified atom stereocenters. The summed E-state index contributed by atoms with van der Waals surface area (Å²) in [5, 5.41) is 14.0. The summed E-state index contributed by atoms with van der Waals surface area (Å²) in [6.45, 7) is 3.25. The Morgan fingerprint density at radius 3 is 2.72 bits per heavy atom. The molecule has 0 spiro atoms. The van der Waals surface area contributed by atoms with E-state index >= 15 is 0 Å². The number of nitrogens with one attached hydrogen (secondary N) is 1. The summed E-state index contributed by atoms with van der Waals surface area (Å²) >= 11 is 1.64. The van der Waals surface area contributed by atoms with Gasteiger partial charge in [-0.2, -0.15) is 0 Å². The number of thiazole rings is 1. The Morgan fingerprint density at radius 2 is 1.89 bits per heavy atom. The van der Waals surface area contributed by atoms with Gasteiger partial charge in [-0.3, -0.25) is 4.79 Å². The first-order chi connectivity index (χ1) is 17.5. The molecule has 1 amide bonds. The lowest BCUT2D eigenvalue weighted by Gasteiger charge is -2.29. The lowest BCUT2D eigenvalue weighted by Crippen LogP contribution is -2.40. The molecule has 0 atom stereocenters. The Morgan fingerprint density at radius 1 is 1.06 bits per heavy atom. The number of aliphatic hydroxyl groups is 1. The van der Waals surface area contributed by atoms with Crippen LogP contribution in [0.3, 0.4) is 0 Å². The van der Waals surface area contributed by atoms with Crippen LogP contribution in [0.5, 0.6) is 0 Å². The molecule has 1 aromatic carbocycles. The number of amides is 1. The number of aromatic nitrogens is 3. The fraction of sp³-hybridized carbons (Fsp3) is 0.286. The Labute approximate surface area is 214 Å². The number of likely N-dealkylation sites (tertiary alicyclic amines) is 1. The summed E-state index contributed by atoms with van der Waals surface area (Å²) in [6, 6.07) is 17.7. The van der Waals surface area contributed by atoms with Crippen LogP contribution in [0.25, 0.3) is 10.6 Å². The average molecular weight is 500 g/mol. The van der Waals surface area contributed by atoms with E-state index in [1.165, 1.54) is 0 Å². The van der Waals surface area contributed by atoms with Gasteiger partial charge in [0.1, 0.15) is 11.6 Å². The van der Waals surface area contributed by atoms with Crippen LogP contribution in [0.15, 0.2) is 67.0 Å². The number of pyridine rings is 2. The lowest BCUT2D eigenvalue weighted by molar-refractivity contribution is 0.0546. The Bertz CT molecular complexity index is 1350. The van der Waals surface area contributed by atoms with E-state index in [4.69, 9.17) is 4.98 Å². The van der Waals surface area contributed by atoms with Gasteiger partial charge in [-0.1, -0.05) is 18.2 Å². The number of anilines is 2. The van der Waals surface area contributed by atoms with Crippen LogP contribution in [0, 0.1) is 6.92 Å². The van der Waals surface area contributed by atoms with Crippen LogP contribution in [-0.4, -0.2) is 50.1 Å². The molecule has 1 aliphatic rings. The second-order valence-electron chi connectivity index (χ2n) is 9.09. The maximum atomic E-state index is 12.9. The highest BCUT2D eigenvalue weighted by molar-refractivity contribution is 7.15. The van der Waals surface area contributed by atoms with Crippen molar-refractivity contribution in [3.8, 4) is 10.6 Å². The highest BCUT2D eigenvalue weighted by Crippen LogP contribution is 2.27. The molecule has 4 heterocycles. The molecule has 1 fully saturated rings. The van der Waals surface area contributed by atoms with Gasteiger partial charge < -0.3 is 15.3 Å². The van der Waals surface area contributed by atoms with Crippen molar-refractivity contribution in [1.29, 1.82) is 0 Å². The number of nitrogens with zero attached hydrogens (tertiary/aromatic N) is 4. The number of benzene rings is 1. The number of rotatable bonds is 7. The minimum atomic E-state index is -0.289. The largest absolute Gasteiger partial charge is 0.393 e. The number of carbonyl (C=O) groups is 1. The van der Waals surface area contributed by atoms with E-state index in [1.807, 2.05) is 66.6 Å². The fourth-order valence-corrected chi connectivity index (χ4v) is 5.17. The number of aliphatic hydroxyl groups excluding tert-OH is 1. The molecule has 7 nitrogen and oxygen atoms in total. The van der Waals surface area contributed by atoms with Crippen molar-refractivity contribution in [3.63, 3.8) is 0 Å². The average Bonchev–Trinajstić information content (AvgIpc) is 3.37. The first-order valence-corrected chi connectivity index (χ1v) is 13.0. The number of hydrogen-bond acceptors (Lipinski definition) is 7. The third-order valence-electron chi connectivity index (χ3n) is 6.28. The molecule has 0 bridgehead atoms. The molecule has 1 aliphatic heterocycles. The monoisotopic (exact) mass is 499 g/mol. The molecule has 0 radical (unpaired) electrons. The van der Waals surface area contributed by atoms with Gasteiger partial charge in [0, 0.05) is 37.5 Å². The van der Waals surface area contributed by atoms with E-state index < -0.39 is 0 Å². The smallest absolute Gasteiger partial charge is 0.253 e. The van der Waals surface area contributed by atoms with Crippen molar-refractivity contribution in [2.24, 2.45) is 0 Å². The number of hydrogen-bond donors (Lipinski definition) is 2. The second kappa shape index (κ2) is 11.0. The Balaban J connectivity index is 1.21. The number of carbonyl (C=O) groups excluding carboxylic acids is 1. The highest BCUT2D eigenvalue weighted by Gasteiger charge is 2.22. The fourth-order valence-electron chi connectivity index (χ4n) is 4.28. The number of piperidine rings is 1. The van der Waals surface area contributed by atoms with Crippen molar-refractivity contribution in [2.45, 2.75) is 38.7 Å². The van der Waals surface area contributed by atoms with Crippen LogP contribution in [0.2, 0.25) is 0 Å². The number of aryl methyl sites for hydroxylation is 3. The molecular weight excluding hydrogens is 470 g/mol. The first kappa shape index (κ1) is 24.1. The van der Waals surface area contributed by atoms with E-state index in [0.717, 1.165) is 51.2 Å². The predicted octanol–water partition coefficient (Wildman–Crippen LogP) is 5.03. The van der Waals surface area contributed by atoms with Crippen LogP contribution in [0.4, 0.5) is 11.6 Å². The molecule has 0 saturated carbocycles. The lowest BCUT2D eigenvalue weighted by atomic mass is 10.0. The minimum Gasteiger partial charge on any atom is -0.393 e. The summed E-state index contributed by atoms with van der Waals surface area (Å²) in [5.41, 5.74) is 3.83. The van der Waals surface area contributed by atoms with Crippen molar-refractivity contribution in [3.05, 3.63) is 88.7 Å². The van der Waals surface area contributed by atoms with Crippen LogP contribution >= 0.6 is 11.3 Å². The van der Waals surface area contributed by atoms with Crippen molar-refractivity contribution in [2.75, 3.05) is 18.4 Å². The molecule has 8 heteroatoms. The zero-order valence-electron chi connectivity index (χ0n) is 20.2. The van der Waals surface area contributed by atoms with Gasteiger partial charge in [0.25, 0.3) is 5.91 Å². The van der Waals surface area contributed by atoms with E-state index in [9.17, 15) is 9.90 Å². The molecular formula is C28H29N5O2S. The summed E-state index contributed by atoms with van der Waals surface area (Å²) < 4.78 is 0. The normalized spacial score (nSPS) is 14.1. The van der Waals surface area contributed by atoms with Crippen molar-refractivity contribution in [1.82, 2.24) is 19.9 Å². The van der Waals surface area contributed by atoms with Gasteiger partial charge in [0.2, 0.25) is 0 Å². The molecule has 4 aromatic rings. The van der Waals surface area contributed by atoms with Gasteiger partial charge in [0.05, 0.1) is 21.7 Å². The molecule has 36 heavy (non-hydrogen) atoms. The van der Waals surface area contributed by atoms with Crippen LogP contribution in [0.1, 0.15) is 39.3 Å². The summed E-state index contributed by atoms with van der Waals surface area (Å²) in [5.74, 6) is 1.55. The first-order valence-electron chi connectivity index (χ1n) is 12.2. The van der Waals surface area contributed by atoms with E-state index in [0.29, 0.717) is 31.5 Å². The molecule has 3 aromatic heterocycles. The third kappa shape index (κ3) is 5.95. The SMILES string of the molecule is Cc1ccnc(Nc2cccc(-c3cnc(CCc4cccc(C(=O)N5CCC(O)CC5)c4)s3)n2)c1. The summed E-state index contributed by atoms with van der Waals surface area (Å²) in [4.78, 5) is 29.4. The van der Waals surface area contributed by atoms with E-state index in [-0.39, 0.29) is 12.0 Å². The Kier molecular flexibility index (Phi) is 7.34. The van der Waals surface area contributed by atoms with Crippen molar-refractivity contribution >= 4 is 28.9 Å². The van der Waals surface area contributed by atoms with Gasteiger partial charge in [0.15, 0.2) is 0 Å². The zero-order valence-corrected chi connectivity index (χ0v) is 21.0. The molecule has 2 N–H and O–H groups in total. The van der Waals surface area contributed by atoms with Crippen LogP contribution in [-0.2, 0) is 12.8 Å². The topological polar surface area (TPSA) is 91.2 Å². The van der Waals surface area contributed by atoms with Crippen LogP contribution < -0.4 is 5.32 Å². The van der Waals surface area contributed by atoms with E-state index in [1.54, 1.807) is 17.5 Å². The molecule has 1 saturated heterocycles. The summed E-state index contributed by atoms with van der Waals surface area (Å²) in [6.07, 6.45) is 6.26. The van der Waals surface area contributed by atoms with E-state index in [2.05, 4.69) is 21.4 Å². The third-order valence-corrected chi connectivity index (χ3v) is 7.36. The molecule has 5 rings (SSSR count). The Hall–Kier alpha value is -3.62. The quantitative estimate of drug-likeness (QED) is 0.370. The van der Waals surface area contributed by atoms with Gasteiger partial charge in [-0.05, 0) is 73.7 Å². The summed E-state index contributed by atoms with van der Waals surface area (Å²) in [7, 11) is 0. The maximum Gasteiger partial charge on any atom is 0.253 e. The van der Waals surface area contributed by atoms with Gasteiger partial charge >= 0.3 is 0 Å². The standard InChI is InChI=1S/C28H29N5O2S/c1-19-10-13-29-26(16-19)32-25-7-3-6-23(31-25)24-18-30-27(36-24)9-8-20-4-2-5-21(17-20)28(35)33-14-11-22(34)12-15-33/h2-7,10,13,16-18,22,34H,8-9,11-12,14-15H2,1H3,(H,29,31,32). The maximum absolute atomic E-state index is 12.9. The minimum absolute atomic E-state index is 0.0423.